The monoisotopic (exact) mass is 477 g/mol. The van der Waals surface area contributed by atoms with Crippen LogP contribution in [0.2, 0.25) is 0 Å². The second-order valence-electron chi connectivity index (χ2n) is 9.11. The second kappa shape index (κ2) is 7.91. The summed E-state index contributed by atoms with van der Waals surface area (Å²) in [5.41, 5.74) is 10.9. The number of hydrogen-bond donors (Lipinski definition) is 1. The van der Waals surface area contributed by atoms with E-state index < -0.39 is 12.6 Å². The molecule has 2 aromatic heterocycles. The molecule has 1 aliphatic carbocycles. The van der Waals surface area contributed by atoms with Crippen LogP contribution in [0.3, 0.4) is 0 Å². The number of alkyl halides is 3. The highest BCUT2D eigenvalue weighted by Gasteiger charge is 2.35. The molecule has 0 atom stereocenters. The molecule has 6 nitrogen and oxygen atoms in total. The molecule has 1 fully saturated rings. The Balaban J connectivity index is 1.50. The summed E-state index contributed by atoms with van der Waals surface area (Å²) in [5.74, 6) is 0.362. The van der Waals surface area contributed by atoms with Crippen molar-refractivity contribution in [3.05, 3.63) is 77.9 Å². The first-order chi connectivity index (χ1) is 16.8. The van der Waals surface area contributed by atoms with E-state index in [4.69, 9.17) is 15.5 Å². The van der Waals surface area contributed by atoms with Crippen molar-refractivity contribution in [1.82, 2.24) is 19.7 Å². The molecule has 2 aromatic carbocycles. The maximum atomic E-state index is 13.2. The molecule has 0 radical (unpaired) electrons. The Hall–Kier alpha value is -3.72. The minimum atomic E-state index is -4.42. The Morgan fingerprint density at radius 3 is 2.37 bits per heavy atom. The third-order valence-corrected chi connectivity index (χ3v) is 6.77. The molecule has 4 aromatic rings. The third-order valence-electron chi connectivity index (χ3n) is 6.77. The molecular formula is C26H22F3N5O. The summed E-state index contributed by atoms with van der Waals surface area (Å²) in [4.78, 5) is 4.79. The van der Waals surface area contributed by atoms with Gasteiger partial charge in [0.2, 0.25) is 5.88 Å². The number of aromatic nitrogens is 4. The Morgan fingerprint density at radius 1 is 0.971 bits per heavy atom. The molecule has 35 heavy (non-hydrogen) atoms. The van der Waals surface area contributed by atoms with E-state index in [2.05, 4.69) is 10.2 Å². The highest BCUT2D eigenvalue weighted by molar-refractivity contribution is 5.83. The SMILES string of the molecule is NC1(c2ccc(-c3nc4c(cc3-c3ccccc3)-n3c(nnc3CC(F)(F)F)CO4)cc2)CCC1. The summed E-state index contributed by atoms with van der Waals surface area (Å²) in [6, 6.07) is 19.5. The number of nitrogens with two attached hydrogens (primary N) is 1. The Morgan fingerprint density at radius 2 is 1.71 bits per heavy atom. The minimum Gasteiger partial charge on any atom is -0.468 e. The highest BCUT2D eigenvalue weighted by Crippen LogP contribution is 2.42. The number of rotatable bonds is 4. The molecular weight excluding hydrogens is 455 g/mol. The molecule has 0 saturated heterocycles. The van der Waals surface area contributed by atoms with Crippen molar-refractivity contribution in [2.45, 2.75) is 44.0 Å². The number of pyridine rings is 1. The van der Waals surface area contributed by atoms with Gasteiger partial charge in [0.1, 0.15) is 17.9 Å². The summed E-state index contributed by atoms with van der Waals surface area (Å²) in [6.07, 6.45) is -2.55. The fourth-order valence-electron chi connectivity index (χ4n) is 4.77. The van der Waals surface area contributed by atoms with Gasteiger partial charge in [-0.05, 0) is 36.5 Å². The molecule has 3 heterocycles. The lowest BCUT2D eigenvalue weighted by atomic mass is 9.72. The van der Waals surface area contributed by atoms with Gasteiger partial charge in [0.15, 0.2) is 12.4 Å². The number of hydrogen-bond acceptors (Lipinski definition) is 5. The van der Waals surface area contributed by atoms with Crippen LogP contribution in [0.1, 0.15) is 36.5 Å². The van der Waals surface area contributed by atoms with Crippen molar-refractivity contribution < 1.29 is 17.9 Å². The summed E-state index contributed by atoms with van der Waals surface area (Å²) in [5, 5.41) is 7.70. The van der Waals surface area contributed by atoms with Crippen LogP contribution in [-0.4, -0.2) is 25.9 Å². The summed E-state index contributed by atoms with van der Waals surface area (Å²) >= 11 is 0. The van der Waals surface area contributed by atoms with Gasteiger partial charge in [-0.1, -0.05) is 54.6 Å². The van der Waals surface area contributed by atoms with Gasteiger partial charge in [0.05, 0.1) is 5.69 Å². The van der Waals surface area contributed by atoms with E-state index in [0.717, 1.165) is 41.5 Å². The number of benzene rings is 2. The van der Waals surface area contributed by atoms with Crippen molar-refractivity contribution >= 4 is 0 Å². The zero-order chi connectivity index (χ0) is 24.2. The van der Waals surface area contributed by atoms with Gasteiger partial charge in [-0.15, -0.1) is 10.2 Å². The molecule has 0 spiro atoms. The van der Waals surface area contributed by atoms with E-state index in [1.165, 1.54) is 4.57 Å². The minimum absolute atomic E-state index is 0.0103. The lowest BCUT2D eigenvalue weighted by Crippen LogP contribution is -2.43. The van der Waals surface area contributed by atoms with E-state index in [0.29, 0.717) is 17.2 Å². The molecule has 178 valence electrons. The Bertz CT molecular complexity index is 1390. The first kappa shape index (κ1) is 21.8. The highest BCUT2D eigenvalue weighted by atomic mass is 19.4. The average Bonchev–Trinajstić information content (AvgIpc) is 3.24. The van der Waals surface area contributed by atoms with Crippen molar-refractivity contribution in [2.24, 2.45) is 5.73 Å². The third kappa shape index (κ3) is 3.85. The van der Waals surface area contributed by atoms with Crippen LogP contribution in [0.15, 0.2) is 60.7 Å². The topological polar surface area (TPSA) is 78.9 Å². The number of fused-ring (bicyclic) bond motifs is 3. The normalized spacial score (nSPS) is 16.1. The van der Waals surface area contributed by atoms with Crippen LogP contribution in [0.25, 0.3) is 28.1 Å². The first-order valence-electron chi connectivity index (χ1n) is 11.4. The number of ether oxygens (including phenoxy) is 1. The van der Waals surface area contributed by atoms with Crippen LogP contribution >= 0.6 is 0 Å². The molecule has 6 rings (SSSR count). The summed E-state index contributed by atoms with van der Waals surface area (Å²) in [6.45, 7) is -0.0103. The smallest absolute Gasteiger partial charge is 0.396 e. The van der Waals surface area contributed by atoms with Crippen LogP contribution in [0.5, 0.6) is 5.88 Å². The zero-order valence-electron chi connectivity index (χ0n) is 18.7. The van der Waals surface area contributed by atoms with E-state index in [9.17, 15) is 13.2 Å². The van der Waals surface area contributed by atoms with Gasteiger partial charge in [0, 0.05) is 16.7 Å². The fraction of sp³-hybridized carbons (Fsp3) is 0.269. The van der Waals surface area contributed by atoms with Gasteiger partial charge in [-0.2, -0.15) is 13.2 Å². The Labute approximate surface area is 199 Å². The molecule has 0 bridgehead atoms. The maximum Gasteiger partial charge on any atom is 0.396 e. The number of halogens is 3. The van der Waals surface area contributed by atoms with Gasteiger partial charge in [0.25, 0.3) is 0 Å². The lowest BCUT2D eigenvalue weighted by molar-refractivity contribution is -0.128. The molecule has 2 N–H and O–H groups in total. The van der Waals surface area contributed by atoms with Crippen molar-refractivity contribution in [1.29, 1.82) is 0 Å². The largest absolute Gasteiger partial charge is 0.468 e. The standard InChI is InChI=1S/C26H22F3N5O/c27-26(28,29)14-21-32-33-22-15-35-24-20(34(21)22)13-19(16-5-2-1-3-6-16)23(31-24)17-7-9-18(10-8-17)25(30)11-4-12-25/h1-3,5-10,13H,4,11-12,14-15,30H2. The van der Waals surface area contributed by atoms with Gasteiger partial charge in [-0.25, -0.2) is 4.98 Å². The molecule has 0 unspecified atom stereocenters. The second-order valence-corrected chi connectivity index (χ2v) is 9.11. The van der Waals surface area contributed by atoms with Gasteiger partial charge < -0.3 is 10.5 Å². The summed E-state index contributed by atoms with van der Waals surface area (Å²) < 4.78 is 46.8. The van der Waals surface area contributed by atoms with E-state index in [-0.39, 0.29) is 23.9 Å². The molecule has 1 aliphatic heterocycles. The summed E-state index contributed by atoms with van der Waals surface area (Å²) in [7, 11) is 0. The van der Waals surface area contributed by atoms with E-state index >= 15 is 0 Å². The van der Waals surface area contributed by atoms with Crippen LogP contribution in [0.4, 0.5) is 13.2 Å². The predicted molar refractivity (Wildman–Crippen MR) is 124 cm³/mol. The maximum absolute atomic E-state index is 13.2. The predicted octanol–water partition coefficient (Wildman–Crippen LogP) is 5.33. The first-order valence-corrected chi connectivity index (χ1v) is 11.4. The molecule has 1 saturated carbocycles. The molecule has 0 amide bonds. The number of nitrogens with zero attached hydrogens (tertiary/aromatic N) is 4. The van der Waals surface area contributed by atoms with E-state index in [1.54, 1.807) is 0 Å². The quantitative estimate of drug-likeness (QED) is 0.430. The van der Waals surface area contributed by atoms with Crippen molar-refractivity contribution in [3.63, 3.8) is 0 Å². The molecule has 2 aliphatic rings. The average molecular weight is 477 g/mol. The zero-order valence-corrected chi connectivity index (χ0v) is 18.7. The van der Waals surface area contributed by atoms with E-state index in [1.807, 2.05) is 60.7 Å². The van der Waals surface area contributed by atoms with Crippen molar-refractivity contribution in [3.8, 4) is 34.0 Å². The Kier molecular flexibility index (Phi) is 4.93. The van der Waals surface area contributed by atoms with Gasteiger partial charge in [-0.3, -0.25) is 4.57 Å². The lowest BCUT2D eigenvalue weighted by Gasteiger charge is -2.38. The van der Waals surface area contributed by atoms with Crippen molar-refractivity contribution in [2.75, 3.05) is 0 Å². The van der Waals surface area contributed by atoms with Crippen LogP contribution < -0.4 is 10.5 Å². The van der Waals surface area contributed by atoms with Gasteiger partial charge >= 0.3 is 6.18 Å². The molecule has 9 heteroatoms. The van der Waals surface area contributed by atoms with Crippen LogP contribution in [0, 0.1) is 0 Å². The van der Waals surface area contributed by atoms with Crippen LogP contribution in [-0.2, 0) is 18.6 Å². The fourth-order valence-corrected chi connectivity index (χ4v) is 4.77.